The number of nitrogens with zero attached hydrogens (tertiary/aromatic N) is 1. The van der Waals surface area contributed by atoms with Crippen molar-refractivity contribution in [3.8, 4) is 0 Å². The molecule has 0 saturated carbocycles. The molecule has 0 spiro atoms. The van der Waals surface area contributed by atoms with E-state index in [-0.39, 0.29) is 21.5 Å². The quantitative estimate of drug-likeness (QED) is 0.833. The Hall–Kier alpha value is -2.04. The number of nitrogens with one attached hydrogen (secondary N) is 1. The van der Waals surface area contributed by atoms with Crippen molar-refractivity contribution >= 4 is 40.7 Å². The zero-order valence-corrected chi connectivity index (χ0v) is 15.0. The highest BCUT2D eigenvalue weighted by atomic mass is 35.5. The first kappa shape index (κ1) is 18.3. The van der Waals surface area contributed by atoms with Crippen molar-refractivity contribution in [2.75, 3.05) is 18.4 Å². The van der Waals surface area contributed by atoms with E-state index in [9.17, 15) is 9.59 Å². The van der Waals surface area contributed by atoms with Crippen LogP contribution in [0.3, 0.4) is 0 Å². The van der Waals surface area contributed by atoms with Crippen LogP contribution in [-0.2, 0) is 0 Å². The average Bonchev–Trinajstić information content (AvgIpc) is 2.56. The van der Waals surface area contributed by atoms with Gasteiger partial charge in [-0.3, -0.25) is 9.59 Å². The number of benzene rings is 2. The van der Waals surface area contributed by atoms with Crippen LogP contribution in [0.25, 0.3) is 0 Å². The maximum absolute atomic E-state index is 12.3. The minimum absolute atomic E-state index is 0.0352. The number of carbonyl (C=O) groups is 2. The minimum Gasteiger partial charge on any atom is -0.339 e. The highest BCUT2D eigenvalue weighted by molar-refractivity contribution is 6.40. The Morgan fingerprint density at radius 1 is 0.958 bits per heavy atom. The Morgan fingerprint density at radius 3 is 2.00 bits per heavy atom. The molecule has 0 aliphatic carbocycles. The van der Waals surface area contributed by atoms with Gasteiger partial charge in [0.05, 0.1) is 15.6 Å². The Kier molecular flexibility index (Phi) is 6.23. The third kappa shape index (κ3) is 4.08. The molecule has 0 saturated heterocycles. The molecule has 6 heteroatoms. The van der Waals surface area contributed by atoms with Gasteiger partial charge in [0.25, 0.3) is 11.8 Å². The number of hydrogen-bond acceptors (Lipinski definition) is 2. The lowest BCUT2D eigenvalue weighted by Gasteiger charge is -2.18. The van der Waals surface area contributed by atoms with Crippen LogP contribution < -0.4 is 5.32 Å². The van der Waals surface area contributed by atoms with Crippen LogP contribution in [0.5, 0.6) is 0 Å². The van der Waals surface area contributed by atoms with E-state index in [4.69, 9.17) is 23.2 Å². The summed E-state index contributed by atoms with van der Waals surface area (Å²) in [5.74, 6) is -0.430. The standard InChI is InChI=1S/C18H18Cl2N2O2/c1-3-22(4-2)18(24)12-8-10-13(11-9-12)21-17(23)16-14(19)6-5-7-15(16)20/h5-11H,3-4H2,1-2H3,(H,21,23). The lowest BCUT2D eigenvalue weighted by atomic mass is 10.1. The molecule has 0 bridgehead atoms. The van der Waals surface area contributed by atoms with Crippen molar-refractivity contribution in [1.29, 1.82) is 0 Å². The number of anilines is 1. The largest absolute Gasteiger partial charge is 0.339 e. The molecule has 0 aromatic heterocycles. The Bertz CT molecular complexity index is 721. The summed E-state index contributed by atoms with van der Waals surface area (Å²) in [4.78, 5) is 26.3. The van der Waals surface area contributed by atoms with E-state index in [1.807, 2.05) is 13.8 Å². The molecule has 0 heterocycles. The van der Waals surface area contributed by atoms with E-state index in [2.05, 4.69) is 5.32 Å². The molecule has 0 aliphatic rings. The molecule has 24 heavy (non-hydrogen) atoms. The summed E-state index contributed by atoms with van der Waals surface area (Å²) >= 11 is 12.1. The molecule has 2 rings (SSSR count). The third-order valence-electron chi connectivity index (χ3n) is 3.63. The molecular weight excluding hydrogens is 347 g/mol. The molecule has 2 aromatic rings. The van der Waals surface area contributed by atoms with Crippen LogP contribution >= 0.6 is 23.2 Å². The van der Waals surface area contributed by atoms with Crippen molar-refractivity contribution in [1.82, 2.24) is 4.90 Å². The number of rotatable bonds is 5. The van der Waals surface area contributed by atoms with Crippen molar-refractivity contribution in [3.63, 3.8) is 0 Å². The summed E-state index contributed by atoms with van der Waals surface area (Å²) in [5.41, 5.74) is 1.36. The fraction of sp³-hybridized carbons (Fsp3) is 0.222. The molecular formula is C18H18Cl2N2O2. The Labute approximate surface area is 151 Å². The van der Waals surface area contributed by atoms with Gasteiger partial charge < -0.3 is 10.2 Å². The Morgan fingerprint density at radius 2 is 1.50 bits per heavy atom. The van der Waals surface area contributed by atoms with E-state index in [0.29, 0.717) is 24.3 Å². The molecule has 1 N–H and O–H groups in total. The first-order chi connectivity index (χ1) is 11.5. The van der Waals surface area contributed by atoms with Crippen LogP contribution in [-0.4, -0.2) is 29.8 Å². The van der Waals surface area contributed by atoms with E-state index in [1.54, 1.807) is 47.4 Å². The van der Waals surface area contributed by atoms with Crippen LogP contribution in [0.2, 0.25) is 10.0 Å². The molecule has 4 nitrogen and oxygen atoms in total. The summed E-state index contributed by atoms with van der Waals surface area (Å²) in [6.45, 7) is 5.17. The average molecular weight is 365 g/mol. The fourth-order valence-corrected chi connectivity index (χ4v) is 2.87. The van der Waals surface area contributed by atoms with E-state index >= 15 is 0 Å². The van der Waals surface area contributed by atoms with Gasteiger partial charge in [0.2, 0.25) is 0 Å². The molecule has 2 amide bonds. The van der Waals surface area contributed by atoms with Crippen molar-refractivity contribution in [3.05, 3.63) is 63.6 Å². The van der Waals surface area contributed by atoms with E-state index in [1.165, 1.54) is 0 Å². The highest BCUT2D eigenvalue weighted by Gasteiger charge is 2.16. The van der Waals surface area contributed by atoms with Gasteiger partial charge in [-0.15, -0.1) is 0 Å². The molecule has 0 atom stereocenters. The number of carbonyl (C=O) groups excluding carboxylic acids is 2. The van der Waals surface area contributed by atoms with Gasteiger partial charge in [0.1, 0.15) is 0 Å². The van der Waals surface area contributed by atoms with Gasteiger partial charge in [-0.2, -0.15) is 0 Å². The molecule has 0 radical (unpaired) electrons. The summed E-state index contributed by atoms with van der Waals surface area (Å²) in [5, 5.41) is 3.30. The summed E-state index contributed by atoms with van der Waals surface area (Å²) in [7, 11) is 0. The van der Waals surface area contributed by atoms with Gasteiger partial charge in [0, 0.05) is 24.3 Å². The highest BCUT2D eigenvalue weighted by Crippen LogP contribution is 2.25. The maximum Gasteiger partial charge on any atom is 0.258 e. The lowest BCUT2D eigenvalue weighted by molar-refractivity contribution is 0.0773. The number of hydrogen-bond donors (Lipinski definition) is 1. The fourth-order valence-electron chi connectivity index (χ4n) is 2.30. The topological polar surface area (TPSA) is 49.4 Å². The predicted molar refractivity (Wildman–Crippen MR) is 98.1 cm³/mol. The monoisotopic (exact) mass is 364 g/mol. The first-order valence-corrected chi connectivity index (χ1v) is 8.38. The normalized spacial score (nSPS) is 10.3. The van der Waals surface area contributed by atoms with Gasteiger partial charge in [0.15, 0.2) is 0 Å². The molecule has 0 aliphatic heterocycles. The van der Waals surface area contributed by atoms with Gasteiger partial charge in [-0.1, -0.05) is 29.3 Å². The van der Waals surface area contributed by atoms with Gasteiger partial charge >= 0.3 is 0 Å². The van der Waals surface area contributed by atoms with Crippen LogP contribution in [0.1, 0.15) is 34.6 Å². The van der Waals surface area contributed by atoms with E-state index < -0.39 is 5.91 Å². The predicted octanol–water partition coefficient (Wildman–Crippen LogP) is 4.73. The SMILES string of the molecule is CCN(CC)C(=O)c1ccc(NC(=O)c2c(Cl)cccc2Cl)cc1. The minimum atomic E-state index is -0.395. The second-order valence-electron chi connectivity index (χ2n) is 5.11. The van der Waals surface area contributed by atoms with Gasteiger partial charge in [-0.25, -0.2) is 0 Å². The first-order valence-electron chi connectivity index (χ1n) is 7.62. The second-order valence-corrected chi connectivity index (χ2v) is 5.92. The molecule has 126 valence electrons. The zero-order valence-electron chi connectivity index (χ0n) is 13.5. The zero-order chi connectivity index (χ0) is 17.7. The van der Waals surface area contributed by atoms with E-state index in [0.717, 1.165) is 0 Å². The van der Waals surface area contributed by atoms with Crippen LogP contribution in [0.15, 0.2) is 42.5 Å². The summed E-state index contributed by atoms with van der Waals surface area (Å²) in [6.07, 6.45) is 0. The molecule has 0 fully saturated rings. The maximum atomic E-state index is 12.3. The van der Waals surface area contributed by atoms with Crippen molar-refractivity contribution in [2.45, 2.75) is 13.8 Å². The molecule has 2 aromatic carbocycles. The molecule has 0 unspecified atom stereocenters. The number of amides is 2. The summed E-state index contributed by atoms with van der Waals surface area (Å²) < 4.78 is 0. The van der Waals surface area contributed by atoms with Gasteiger partial charge in [-0.05, 0) is 50.2 Å². The van der Waals surface area contributed by atoms with Crippen LogP contribution in [0.4, 0.5) is 5.69 Å². The second kappa shape index (κ2) is 8.18. The number of halogens is 2. The lowest BCUT2D eigenvalue weighted by Crippen LogP contribution is -2.30. The van der Waals surface area contributed by atoms with Crippen molar-refractivity contribution < 1.29 is 9.59 Å². The Balaban J connectivity index is 2.14. The smallest absolute Gasteiger partial charge is 0.258 e. The van der Waals surface area contributed by atoms with Crippen LogP contribution in [0, 0.1) is 0 Å². The third-order valence-corrected chi connectivity index (χ3v) is 4.26. The van der Waals surface area contributed by atoms with Crippen molar-refractivity contribution in [2.24, 2.45) is 0 Å². The summed E-state index contributed by atoms with van der Waals surface area (Å²) in [6, 6.07) is 11.6.